The van der Waals surface area contributed by atoms with E-state index in [-0.39, 0.29) is 5.91 Å². The van der Waals surface area contributed by atoms with Crippen LogP contribution >= 0.6 is 35.0 Å². The van der Waals surface area contributed by atoms with Crippen molar-refractivity contribution >= 4 is 69.1 Å². The highest BCUT2D eigenvalue weighted by Crippen LogP contribution is 2.39. The minimum absolute atomic E-state index is 0.225. The Morgan fingerprint density at radius 2 is 2.00 bits per heavy atom. The van der Waals surface area contributed by atoms with E-state index in [0.717, 1.165) is 30.7 Å². The highest BCUT2D eigenvalue weighted by Gasteiger charge is 2.30. The van der Waals surface area contributed by atoms with Crippen LogP contribution in [-0.2, 0) is 13.0 Å². The van der Waals surface area contributed by atoms with Crippen LogP contribution < -0.4 is 15.5 Å². The number of fused-ring (bicyclic) bond motifs is 4. The molecular formula is C23H18Cl2N6OS. The Kier molecular flexibility index (Phi) is 5.18. The summed E-state index contributed by atoms with van der Waals surface area (Å²) in [6.45, 7) is 1.86. The first-order valence-corrected chi connectivity index (χ1v) is 12.2. The van der Waals surface area contributed by atoms with Gasteiger partial charge in [0.15, 0.2) is 0 Å². The topological polar surface area (TPSA) is 85.9 Å². The molecule has 2 aromatic heterocycles. The van der Waals surface area contributed by atoms with E-state index in [1.54, 1.807) is 29.3 Å². The van der Waals surface area contributed by atoms with E-state index in [1.807, 2.05) is 6.07 Å². The van der Waals surface area contributed by atoms with Gasteiger partial charge in [0.05, 0.1) is 27.2 Å². The Hall–Kier alpha value is -2.78. The summed E-state index contributed by atoms with van der Waals surface area (Å²) in [5.74, 6) is 0.577. The van der Waals surface area contributed by atoms with E-state index in [2.05, 4.69) is 37.7 Å². The number of aromatic amines is 1. The lowest BCUT2D eigenvalue weighted by molar-refractivity contribution is 0.0985. The van der Waals surface area contributed by atoms with Crippen molar-refractivity contribution in [3.63, 3.8) is 0 Å². The van der Waals surface area contributed by atoms with E-state index < -0.39 is 0 Å². The quantitative estimate of drug-likeness (QED) is 0.331. The number of rotatable bonds is 3. The van der Waals surface area contributed by atoms with Gasteiger partial charge in [0.2, 0.25) is 5.95 Å². The molecule has 0 atom stereocenters. The third-order valence-corrected chi connectivity index (χ3v) is 7.45. The normalized spacial score (nSPS) is 15.5. The number of aromatic nitrogens is 3. The molecule has 2 aliphatic rings. The number of thioether (sulfide) groups is 1. The standard InChI is InChI=1S/C23H18Cl2N6OS/c24-16-2-1-3-17(25)20(16)31-11-33-21-15(22(31)32)9-27-23(30-21)28-12-4-5-13-14-6-7-26-10-19(14)29-18(13)8-12/h1-5,8-9,26,29H,6-7,10-11H2,(H,27,28,30). The molecule has 0 radical (unpaired) electrons. The van der Waals surface area contributed by atoms with Crippen molar-refractivity contribution < 1.29 is 4.79 Å². The molecule has 7 nitrogen and oxygen atoms in total. The second-order valence-corrected chi connectivity index (χ2v) is 9.63. The van der Waals surface area contributed by atoms with Gasteiger partial charge in [0.1, 0.15) is 5.03 Å². The minimum atomic E-state index is -0.225. The Morgan fingerprint density at radius 3 is 2.85 bits per heavy atom. The smallest absolute Gasteiger partial charge is 0.263 e. The molecule has 0 bridgehead atoms. The van der Waals surface area contributed by atoms with Crippen LogP contribution in [0.3, 0.4) is 0 Å². The zero-order valence-corrected chi connectivity index (χ0v) is 19.6. The lowest BCUT2D eigenvalue weighted by Gasteiger charge is -2.28. The number of benzene rings is 2. The molecule has 0 unspecified atom stereocenters. The van der Waals surface area contributed by atoms with Gasteiger partial charge in [-0.2, -0.15) is 0 Å². The van der Waals surface area contributed by atoms with Gasteiger partial charge in [-0.3, -0.25) is 9.69 Å². The molecule has 33 heavy (non-hydrogen) atoms. The molecule has 1 amide bonds. The summed E-state index contributed by atoms with van der Waals surface area (Å²) < 4.78 is 0. The summed E-state index contributed by atoms with van der Waals surface area (Å²) in [6.07, 6.45) is 2.58. The molecule has 4 heterocycles. The average Bonchev–Trinajstić information content (AvgIpc) is 3.18. The Balaban J connectivity index is 1.27. The van der Waals surface area contributed by atoms with Crippen LogP contribution in [0.5, 0.6) is 0 Å². The highest BCUT2D eigenvalue weighted by atomic mass is 35.5. The van der Waals surface area contributed by atoms with Gasteiger partial charge in [-0.1, -0.05) is 47.1 Å². The van der Waals surface area contributed by atoms with Crippen LogP contribution in [0.4, 0.5) is 17.3 Å². The first-order valence-electron chi connectivity index (χ1n) is 10.5. The SMILES string of the molecule is O=C1c2cnc(Nc3ccc4c5c([nH]c4c3)CNCC5)nc2SCN1c1c(Cl)cccc1Cl. The first-order chi connectivity index (χ1) is 16.1. The van der Waals surface area contributed by atoms with E-state index in [9.17, 15) is 4.79 Å². The molecule has 3 N–H and O–H groups in total. The summed E-state index contributed by atoms with van der Waals surface area (Å²) in [4.78, 5) is 27.2. The van der Waals surface area contributed by atoms with Gasteiger partial charge < -0.3 is 15.6 Å². The summed E-state index contributed by atoms with van der Waals surface area (Å²) in [5.41, 5.74) is 5.53. The number of carbonyl (C=O) groups excluding carboxylic acids is 1. The molecule has 4 aromatic rings. The number of halogens is 2. The number of nitrogens with one attached hydrogen (secondary N) is 3. The van der Waals surface area contributed by atoms with Gasteiger partial charge in [-0.15, -0.1) is 0 Å². The Labute approximate surface area is 203 Å². The third kappa shape index (κ3) is 3.63. The molecular weight excluding hydrogens is 479 g/mol. The molecule has 166 valence electrons. The van der Waals surface area contributed by atoms with E-state index in [4.69, 9.17) is 23.2 Å². The van der Waals surface area contributed by atoms with Crippen LogP contribution in [0, 0.1) is 0 Å². The van der Waals surface area contributed by atoms with Gasteiger partial charge in [0.25, 0.3) is 5.91 Å². The van der Waals surface area contributed by atoms with Crippen LogP contribution in [0.1, 0.15) is 21.6 Å². The van der Waals surface area contributed by atoms with Crippen molar-refractivity contribution in [1.82, 2.24) is 20.3 Å². The summed E-state index contributed by atoms with van der Waals surface area (Å²) >= 11 is 14.1. The number of carbonyl (C=O) groups is 1. The number of nitrogens with zero attached hydrogens (tertiary/aromatic N) is 3. The largest absolute Gasteiger partial charge is 0.357 e. The number of para-hydroxylation sites is 1. The predicted molar refractivity (Wildman–Crippen MR) is 133 cm³/mol. The zero-order valence-electron chi connectivity index (χ0n) is 17.3. The van der Waals surface area contributed by atoms with Crippen molar-refractivity contribution in [3.8, 4) is 0 Å². The first kappa shape index (κ1) is 20.8. The van der Waals surface area contributed by atoms with E-state index in [1.165, 1.54) is 28.4 Å². The molecule has 0 aliphatic carbocycles. The van der Waals surface area contributed by atoms with Gasteiger partial charge in [0, 0.05) is 35.0 Å². The maximum atomic E-state index is 13.1. The van der Waals surface area contributed by atoms with Crippen molar-refractivity contribution in [2.24, 2.45) is 0 Å². The predicted octanol–water partition coefficient (Wildman–Crippen LogP) is 5.36. The summed E-state index contributed by atoms with van der Waals surface area (Å²) in [6, 6.07) is 11.4. The maximum Gasteiger partial charge on any atom is 0.263 e. The number of anilines is 3. The molecule has 0 saturated carbocycles. The maximum absolute atomic E-state index is 13.1. The number of hydrogen-bond donors (Lipinski definition) is 3. The fourth-order valence-corrected chi connectivity index (χ4v) is 5.85. The number of hydrogen-bond acceptors (Lipinski definition) is 6. The van der Waals surface area contributed by atoms with Crippen molar-refractivity contribution in [1.29, 1.82) is 0 Å². The van der Waals surface area contributed by atoms with Crippen molar-refractivity contribution in [2.75, 3.05) is 22.6 Å². The molecule has 2 aliphatic heterocycles. The molecule has 0 saturated heterocycles. The monoisotopic (exact) mass is 496 g/mol. The van der Waals surface area contributed by atoms with Crippen molar-refractivity contribution in [2.45, 2.75) is 18.0 Å². The van der Waals surface area contributed by atoms with E-state index in [0.29, 0.717) is 38.1 Å². The van der Waals surface area contributed by atoms with Gasteiger partial charge in [-0.05, 0) is 42.8 Å². The number of H-pyrrole nitrogens is 1. The summed E-state index contributed by atoms with van der Waals surface area (Å²) in [5, 5.41) is 9.39. The second kappa shape index (κ2) is 8.22. The third-order valence-electron chi connectivity index (χ3n) is 5.87. The van der Waals surface area contributed by atoms with E-state index >= 15 is 0 Å². The van der Waals surface area contributed by atoms with Crippen molar-refractivity contribution in [3.05, 3.63) is 69.5 Å². The molecule has 2 aromatic carbocycles. The lowest BCUT2D eigenvalue weighted by atomic mass is 10.0. The van der Waals surface area contributed by atoms with Gasteiger partial charge >= 0.3 is 0 Å². The van der Waals surface area contributed by atoms with Crippen LogP contribution in [-0.4, -0.2) is 33.3 Å². The fourth-order valence-electron chi connectivity index (χ4n) is 4.31. The van der Waals surface area contributed by atoms with Gasteiger partial charge in [-0.25, -0.2) is 9.97 Å². The number of amides is 1. The molecule has 10 heteroatoms. The zero-order chi connectivity index (χ0) is 22.5. The van der Waals surface area contributed by atoms with Crippen LogP contribution in [0.2, 0.25) is 10.0 Å². The highest BCUT2D eigenvalue weighted by molar-refractivity contribution is 7.99. The molecule has 6 rings (SSSR count). The second-order valence-electron chi connectivity index (χ2n) is 7.88. The van der Waals surface area contributed by atoms with Crippen LogP contribution in [0.15, 0.2) is 47.6 Å². The minimum Gasteiger partial charge on any atom is -0.357 e. The summed E-state index contributed by atoms with van der Waals surface area (Å²) in [7, 11) is 0. The average molecular weight is 497 g/mol. The Bertz CT molecular complexity index is 1400. The Morgan fingerprint density at radius 1 is 1.15 bits per heavy atom. The fraction of sp³-hybridized carbons (Fsp3) is 0.174. The molecule has 0 spiro atoms. The lowest BCUT2D eigenvalue weighted by Crippen LogP contribution is -2.35. The van der Waals surface area contributed by atoms with Crippen LogP contribution in [0.25, 0.3) is 10.9 Å². The molecule has 0 fully saturated rings.